The molecule has 0 aliphatic rings. The highest BCUT2D eigenvalue weighted by molar-refractivity contribution is 6.03. The minimum atomic E-state index is -1.07. The first kappa shape index (κ1) is 14.2. The number of amides is 1. The highest BCUT2D eigenvalue weighted by Crippen LogP contribution is 2.35. The number of hydrogen-bond acceptors (Lipinski definition) is 5. The fraction of sp³-hybridized carbons (Fsp3) is 0.154. The van der Waals surface area contributed by atoms with Gasteiger partial charge in [0, 0.05) is 15.9 Å². The van der Waals surface area contributed by atoms with E-state index in [1.165, 1.54) is 19.1 Å². The average Bonchev–Trinajstić information content (AvgIpc) is 2.76. The van der Waals surface area contributed by atoms with E-state index in [1.54, 1.807) is 18.2 Å². The van der Waals surface area contributed by atoms with Crippen LogP contribution in [0.1, 0.15) is 6.92 Å². The lowest BCUT2D eigenvalue weighted by Crippen LogP contribution is -2.14. The van der Waals surface area contributed by atoms with Crippen LogP contribution in [0.2, 0.25) is 0 Å². The molecule has 0 aliphatic heterocycles. The van der Waals surface area contributed by atoms with E-state index in [0.717, 1.165) is 0 Å². The third-order valence-corrected chi connectivity index (χ3v) is 2.89. The van der Waals surface area contributed by atoms with E-state index < -0.39 is 29.5 Å². The Morgan fingerprint density at radius 3 is 2.24 bits per heavy atom. The van der Waals surface area contributed by atoms with E-state index >= 15 is 0 Å². The van der Waals surface area contributed by atoms with Crippen LogP contribution < -0.4 is 0 Å². The summed E-state index contributed by atoms with van der Waals surface area (Å²) in [6.07, 6.45) is 0. The first-order valence-corrected chi connectivity index (χ1v) is 5.88. The molecule has 1 aromatic carbocycles. The summed E-state index contributed by atoms with van der Waals surface area (Å²) >= 11 is 0. The van der Waals surface area contributed by atoms with Crippen molar-refractivity contribution in [2.24, 2.45) is 16.1 Å². The van der Waals surface area contributed by atoms with Crippen LogP contribution in [0.5, 0.6) is 11.8 Å². The van der Waals surface area contributed by atoms with Gasteiger partial charge in [0.1, 0.15) is 5.92 Å². The molecule has 106 valence electrons. The Labute approximate surface area is 118 Å². The Hall–Kier alpha value is -3.21. The molecule has 1 atom stereocenters. The Morgan fingerprint density at radius 1 is 1.29 bits per heavy atom. The molecule has 21 heavy (non-hydrogen) atoms. The van der Waals surface area contributed by atoms with Crippen molar-refractivity contribution in [2.75, 3.05) is 0 Å². The van der Waals surface area contributed by atoms with Crippen LogP contribution in [-0.4, -0.2) is 26.6 Å². The van der Waals surface area contributed by atoms with Crippen molar-refractivity contribution in [3.8, 4) is 17.8 Å². The van der Waals surface area contributed by atoms with Crippen LogP contribution in [0.3, 0.4) is 0 Å². The summed E-state index contributed by atoms with van der Waals surface area (Å²) in [5.41, 5.74) is 0. The Kier molecular flexibility index (Phi) is 3.67. The Balaban J connectivity index is 2.64. The first-order valence-electron chi connectivity index (χ1n) is 5.88. The van der Waals surface area contributed by atoms with Gasteiger partial charge >= 0.3 is 0 Å². The number of hydrogen-bond donors (Lipinski definition) is 2. The third kappa shape index (κ3) is 2.32. The van der Waals surface area contributed by atoms with Gasteiger partial charge in [0.2, 0.25) is 11.8 Å². The molecule has 2 aromatic rings. The molecule has 1 unspecified atom stereocenters. The monoisotopic (exact) mass is 286 g/mol. The normalized spacial score (nSPS) is 12.9. The largest absolute Gasteiger partial charge is 0.494 e. The molecular weight excluding hydrogens is 276 g/mol. The van der Waals surface area contributed by atoms with E-state index in [1.807, 2.05) is 0 Å². The highest BCUT2D eigenvalue weighted by Gasteiger charge is 2.22. The van der Waals surface area contributed by atoms with Crippen molar-refractivity contribution < 1.29 is 15.0 Å². The molecule has 0 saturated carbocycles. The van der Waals surface area contributed by atoms with Gasteiger partial charge in [-0.25, -0.2) is 4.57 Å². The predicted octanol–water partition coefficient (Wildman–Crippen LogP) is 1.71. The molecule has 8 nitrogen and oxygen atoms in total. The number of carbonyl (C=O) groups is 1. The lowest BCUT2D eigenvalue weighted by molar-refractivity contribution is -0.119. The fourth-order valence-corrected chi connectivity index (χ4v) is 1.77. The number of benzene rings is 1. The average molecular weight is 286 g/mol. The molecule has 8 heteroatoms. The quantitative estimate of drug-likeness (QED) is 0.468. The summed E-state index contributed by atoms with van der Waals surface area (Å²) in [5, 5.41) is 31.8. The molecule has 1 aromatic heterocycles. The minimum Gasteiger partial charge on any atom is -0.494 e. The second-order valence-corrected chi connectivity index (χ2v) is 4.22. The number of nitroso groups, excluding NO2 is 1. The van der Waals surface area contributed by atoms with E-state index in [2.05, 4.69) is 10.2 Å². The van der Waals surface area contributed by atoms with E-state index in [-0.39, 0.29) is 10.8 Å². The first-order chi connectivity index (χ1) is 10.0. The van der Waals surface area contributed by atoms with Crippen molar-refractivity contribution >= 4 is 22.6 Å². The molecule has 1 heterocycles. The number of rotatable bonds is 1. The third-order valence-electron chi connectivity index (χ3n) is 2.89. The number of nitriles is 1. The topological polar surface area (TPSA) is 128 Å². The number of nitrogens with zero attached hydrogens (tertiary/aromatic N) is 4. The molecule has 0 aliphatic carbocycles. The van der Waals surface area contributed by atoms with Gasteiger partial charge in [-0.05, 0) is 19.1 Å². The number of fused-ring (bicyclic) bond motifs is 1. The van der Waals surface area contributed by atoms with Gasteiger partial charge in [-0.3, -0.25) is 4.79 Å². The number of carbonyl (C=O) groups excluding carboxylic acids is 1. The fourth-order valence-electron chi connectivity index (χ4n) is 1.77. The zero-order valence-corrected chi connectivity index (χ0v) is 10.9. The van der Waals surface area contributed by atoms with Gasteiger partial charge < -0.3 is 10.2 Å². The summed E-state index contributed by atoms with van der Waals surface area (Å²) in [6, 6.07) is 7.95. The maximum Gasteiger partial charge on any atom is 0.284 e. The van der Waals surface area contributed by atoms with Crippen molar-refractivity contribution in [3.05, 3.63) is 29.2 Å². The molecule has 2 rings (SSSR count). The van der Waals surface area contributed by atoms with Crippen molar-refractivity contribution in [1.82, 2.24) is 4.57 Å². The van der Waals surface area contributed by atoms with Crippen LogP contribution in [0.15, 0.2) is 34.4 Å². The van der Waals surface area contributed by atoms with Gasteiger partial charge in [0.15, 0.2) is 0 Å². The molecule has 0 bridgehead atoms. The molecule has 2 N–H and O–H groups in total. The summed E-state index contributed by atoms with van der Waals surface area (Å²) in [6.45, 7) is 1.31. The summed E-state index contributed by atoms with van der Waals surface area (Å²) in [7, 11) is 0. The predicted molar refractivity (Wildman–Crippen MR) is 73.7 cm³/mol. The molecule has 0 saturated heterocycles. The van der Waals surface area contributed by atoms with Crippen molar-refractivity contribution in [3.63, 3.8) is 0 Å². The number of aromatic hydroxyl groups is 2. The molecule has 0 radical (unpaired) electrons. The summed E-state index contributed by atoms with van der Waals surface area (Å²) < 4.78 is 0.652. The molecule has 0 fully saturated rings. The summed E-state index contributed by atoms with van der Waals surface area (Å²) in [5.74, 6) is -3.66. The van der Waals surface area contributed by atoms with Crippen LogP contribution in [0.4, 0.5) is 0 Å². The second-order valence-electron chi connectivity index (χ2n) is 4.22. The number of aromatic nitrogens is 1. The lowest BCUT2D eigenvalue weighted by atomic mass is 10.2. The van der Waals surface area contributed by atoms with Crippen LogP contribution in [-0.2, 0) is 4.79 Å². The van der Waals surface area contributed by atoms with Crippen LogP contribution in [0, 0.1) is 22.2 Å². The van der Waals surface area contributed by atoms with Gasteiger partial charge in [-0.15, -0.1) is 4.91 Å². The van der Waals surface area contributed by atoms with Crippen LogP contribution in [0.25, 0.3) is 10.8 Å². The van der Waals surface area contributed by atoms with Crippen molar-refractivity contribution in [2.45, 2.75) is 6.92 Å². The van der Waals surface area contributed by atoms with Gasteiger partial charge in [-0.2, -0.15) is 10.3 Å². The van der Waals surface area contributed by atoms with Gasteiger partial charge in [0.05, 0.1) is 6.07 Å². The van der Waals surface area contributed by atoms with Gasteiger partial charge in [-0.1, -0.05) is 12.1 Å². The smallest absolute Gasteiger partial charge is 0.284 e. The maximum atomic E-state index is 11.6. The van der Waals surface area contributed by atoms with E-state index in [9.17, 15) is 19.9 Å². The summed E-state index contributed by atoms with van der Waals surface area (Å²) in [4.78, 5) is 25.8. The van der Waals surface area contributed by atoms with Crippen LogP contribution >= 0.6 is 0 Å². The van der Waals surface area contributed by atoms with E-state index in [4.69, 9.17) is 5.26 Å². The Bertz CT molecular complexity index is 761. The highest BCUT2D eigenvalue weighted by atomic mass is 16.3. The SMILES string of the molecule is CC(C#N)C(=O)N=C(N=O)n1c(O)c2ccccc2c1O. The lowest BCUT2D eigenvalue weighted by Gasteiger charge is -2.03. The number of aliphatic imine (C=N–C) groups is 1. The molecule has 1 amide bonds. The molecule has 0 spiro atoms. The van der Waals surface area contributed by atoms with Gasteiger partial charge in [0.25, 0.3) is 11.9 Å². The minimum absolute atomic E-state index is 0.270. The standard InChI is InChI=1S/C13H10N4O4/c1-7(6-14)10(18)15-13(16-21)17-11(19)8-4-2-3-5-9(8)12(17)20/h2-5,7,19-20H,1H3. The Morgan fingerprint density at radius 2 is 1.81 bits per heavy atom. The van der Waals surface area contributed by atoms with Crippen molar-refractivity contribution in [1.29, 1.82) is 5.26 Å². The maximum absolute atomic E-state index is 11.6. The molecular formula is C13H10N4O4. The van der Waals surface area contributed by atoms with E-state index in [0.29, 0.717) is 4.57 Å². The zero-order valence-electron chi connectivity index (χ0n) is 10.9. The zero-order chi connectivity index (χ0) is 15.6. The second kappa shape index (κ2) is 5.42.